The van der Waals surface area contributed by atoms with Crippen LogP contribution in [-0.2, 0) is 0 Å². The van der Waals surface area contributed by atoms with E-state index in [0.29, 0.717) is 5.82 Å². The van der Waals surface area contributed by atoms with Gasteiger partial charge in [0.1, 0.15) is 11.2 Å². The number of furan rings is 1. The molecule has 0 bridgehead atoms. The van der Waals surface area contributed by atoms with Crippen molar-refractivity contribution in [1.29, 1.82) is 0 Å². The van der Waals surface area contributed by atoms with Crippen LogP contribution in [0.3, 0.4) is 0 Å². The molecule has 5 rings (SSSR count). The molecule has 0 aliphatic carbocycles. The van der Waals surface area contributed by atoms with Gasteiger partial charge in [0.05, 0.1) is 0 Å². The molecule has 0 N–H and O–H groups in total. The van der Waals surface area contributed by atoms with Gasteiger partial charge in [-0.2, -0.15) is 15.0 Å². The quantitative estimate of drug-likeness (QED) is 0.327. The number of hydrogen-bond donors (Lipinski definition) is 0. The predicted molar refractivity (Wildman–Crippen MR) is 113 cm³/mol. The molecule has 136 valence electrons. The van der Waals surface area contributed by atoms with Gasteiger partial charge in [-0.25, -0.2) is 0 Å². The molecule has 0 amide bonds. The van der Waals surface area contributed by atoms with Crippen molar-refractivity contribution in [2.75, 3.05) is 0 Å². The summed E-state index contributed by atoms with van der Waals surface area (Å²) in [6.07, 6.45) is 0. The van der Waals surface area contributed by atoms with Gasteiger partial charge in [0.15, 0.2) is 5.82 Å². The molecular formula is C22H13Cl2N3O. The number of halogens is 2. The molecular weight excluding hydrogens is 393 g/mol. The molecule has 28 heavy (non-hydrogen) atoms. The summed E-state index contributed by atoms with van der Waals surface area (Å²) in [5, 5.41) is 2.20. The van der Waals surface area contributed by atoms with Crippen molar-refractivity contribution in [1.82, 2.24) is 15.0 Å². The number of rotatable bonds is 2. The first-order valence-electron chi connectivity index (χ1n) is 8.68. The Morgan fingerprint density at radius 2 is 1.54 bits per heavy atom. The Morgan fingerprint density at radius 3 is 2.32 bits per heavy atom. The first kappa shape index (κ1) is 17.2. The molecule has 0 aliphatic rings. The number of aromatic nitrogens is 3. The number of para-hydroxylation sites is 1. The zero-order chi connectivity index (χ0) is 19.3. The fourth-order valence-corrected chi connectivity index (χ4v) is 3.80. The van der Waals surface area contributed by atoms with E-state index in [9.17, 15) is 0 Å². The van der Waals surface area contributed by atoms with Gasteiger partial charge < -0.3 is 4.42 Å². The number of hydrogen-bond acceptors (Lipinski definition) is 4. The Labute approximate surface area is 170 Å². The van der Waals surface area contributed by atoms with Crippen LogP contribution in [0.15, 0.2) is 65.1 Å². The zero-order valence-corrected chi connectivity index (χ0v) is 16.3. The summed E-state index contributed by atoms with van der Waals surface area (Å²) in [6, 6.07) is 20.4. The molecule has 0 atom stereocenters. The molecule has 2 aromatic heterocycles. The topological polar surface area (TPSA) is 51.8 Å². The van der Waals surface area contributed by atoms with E-state index in [1.165, 1.54) is 5.56 Å². The van der Waals surface area contributed by atoms with Gasteiger partial charge in [-0.15, -0.1) is 0 Å². The van der Waals surface area contributed by atoms with Crippen molar-refractivity contribution in [3.05, 3.63) is 76.8 Å². The molecule has 0 aliphatic heterocycles. The summed E-state index contributed by atoms with van der Waals surface area (Å²) in [7, 11) is 0. The van der Waals surface area contributed by atoms with E-state index in [1.54, 1.807) is 0 Å². The van der Waals surface area contributed by atoms with Crippen LogP contribution in [0.5, 0.6) is 0 Å². The van der Waals surface area contributed by atoms with Crippen LogP contribution in [0.2, 0.25) is 10.6 Å². The molecule has 0 fully saturated rings. The molecule has 0 spiro atoms. The van der Waals surface area contributed by atoms with E-state index in [2.05, 4.69) is 58.3 Å². The number of fused-ring (bicyclic) bond motifs is 3. The van der Waals surface area contributed by atoms with Crippen molar-refractivity contribution in [2.24, 2.45) is 0 Å². The van der Waals surface area contributed by atoms with Crippen LogP contribution in [-0.4, -0.2) is 15.0 Å². The number of nitrogens with zero attached hydrogens (tertiary/aromatic N) is 3. The van der Waals surface area contributed by atoms with E-state index in [-0.39, 0.29) is 10.6 Å². The lowest BCUT2D eigenvalue weighted by Gasteiger charge is -2.03. The number of benzene rings is 3. The average molecular weight is 406 g/mol. The van der Waals surface area contributed by atoms with E-state index in [4.69, 9.17) is 27.6 Å². The van der Waals surface area contributed by atoms with Gasteiger partial charge in [-0.1, -0.05) is 54.1 Å². The highest BCUT2D eigenvalue weighted by molar-refractivity contribution is 6.31. The highest BCUT2D eigenvalue weighted by Crippen LogP contribution is 2.37. The average Bonchev–Trinajstić information content (AvgIpc) is 3.05. The van der Waals surface area contributed by atoms with E-state index in [0.717, 1.165) is 38.6 Å². The van der Waals surface area contributed by atoms with Gasteiger partial charge in [-0.3, -0.25) is 0 Å². The molecule has 4 nitrogen and oxygen atoms in total. The predicted octanol–water partition coefficient (Wildman–Crippen LogP) is 6.72. The van der Waals surface area contributed by atoms with Crippen LogP contribution in [0.4, 0.5) is 0 Å². The second-order valence-corrected chi connectivity index (χ2v) is 7.24. The molecule has 3 aromatic carbocycles. The third-order valence-corrected chi connectivity index (χ3v) is 5.01. The summed E-state index contributed by atoms with van der Waals surface area (Å²) >= 11 is 11.8. The minimum absolute atomic E-state index is 0.0569. The van der Waals surface area contributed by atoms with Crippen molar-refractivity contribution >= 4 is 45.1 Å². The van der Waals surface area contributed by atoms with Crippen LogP contribution in [0.25, 0.3) is 44.5 Å². The Kier molecular flexibility index (Phi) is 4.04. The first-order chi connectivity index (χ1) is 13.6. The fraction of sp³-hybridized carbons (Fsp3) is 0.0455. The van der Waals surface area contributed by atoms with E-state index in [1.807, 2.05) is 24.3 Å². The Balaban J connectivity index is 1.73. The highest BCUT2D eigenvalue weighted by Gasteiger charge is 2.14. The van der Waals surface area contributed by atoms with Gasteiger partial charge in [0.2, 0.25) is 10.6 Å². The molecule has 0 saturated heterocycles. The molecule has 0 unspecified atom stereocenters. The Bertz CT molecular complexity index is 1340. The first-order valence-corrected chi connectivity index (χ1v) is 9.44. The largest absolute Gasteiger partial charge is 0.455 e. The van der Waals surface area contributed by atoms with Crippen LogP contribution in [0.1, 0.15) is 5.56 Å². The van der Waals surface area contributed by atoms with E-state index < -0.39 is 0 Å². The maximum Gasteiger partial charge on any atom is 0.227 e. The normalized spacial score (nSPS) is 11.4. The molecule has 6 heteroatoms. The summed E-state index contributed by atoms with van der Waals surface area (Å²) < 4.78 is 6.26. The lowest BCUT2D eigenvalue weighted by Crippen LogP contribution is -1.93. The maximum atomic E-state index is 6.26. The van der Waals surface area contributed by atoms with Crippen molar-refractivity contribution in [2.45, 2.75) is 6.92 Å². The van der Waals surface area contributed by atoms with Crippen molar-refractivity contribution < 1.29 is 4.42 Å². The second-order valence-electron chi connectivity index (χ2n) is 6.56. The molecule has 5 aromatic rings. The smallest absolute Gasteiger partial charge is 0.227 e. The van der Waals surface area contributed by atoms with Crippen LogP contribution in [0, 0.1) is 6.92 Å². The zero-order valence-electron chi connectivity index (χ0n) is 14.8. The standard InChI is InChI=1S/C22H13Cl2N3O/c1-12-4-2-5-13(10-12)15-6-3-7-17-16-9-8-14(11-18(16)28-19(15)17)20-25-21(23)27-22(24)26-20/h2-11H,1H3. The third kappa shape index (κ3) is 2.91. The van der Waals surface area contributed by atoms with E-state index >= 15 is 0 Å². The lowest BCUT2D eigenvalue weighted by atomic mass is 10.0. The second kappa shape index (κ2) is 6.59. The van der Waals surface area contributed by atoms with Crippen molar-refractivity contribution in [3.8, 4) is 22.5 Å². The Hall–Kier alpha value is -2.95. The lowest BCUT2D eigenvalue weighted by molar-refractivity contribution is 0.670. The van der Waals surface area contributed by atoms with Gasteiger partial charge >= 0.3 is 0 Å². The summed E-state index contributed by atoms with van der Waals surface area (Å²) in [6.45, 7) is 2.08. The minimum atomic E-state index is 0.0569. The highest BCUT2D eigenvalue weighted by atomic mass is 35.5. The SMILES string of the molecule is Cc1cccc(-c2cccc3c2oc2cc(-c4nc(Cl)nc(Cl)n4)ccc23)c1. The van der Waals surface area contributed by atoms with Gasteiger partial charge in [0, 0.05) is 21.9 Å². The van der Waals surface area contributed by atoms with Gasteiger partial charge in [0.25, 0.3) is 0 Å². The minimum Gasteiger partial charge on any atom is -0.455 e. The summed E-state index contributed by atoms with van der Waals surface area (Å²) in [5.74, 6) is 0.409. The molecule has 0 saturated carbocycles. The van der Waals surface area contributed by atoms with Crippen LogP contribution >= 0.6 is 23.2 Å². The van der Waals surface area contributed by atoms with Crippen LogP contribution < -0.4 is 0 Å². The monoisotopic (exact) mass is 405 g/mol. The van der Waals surface area contributed by atoms with Gasteiger partial charge in [-0.05, 0) is 47.8 Å². The maximum absolute atomic E-state index is 6.26. The Morgan fingerprint density at radius 1 is 0.750 bits per heavy atom. The third-order valence-electron chi connectivity index (χ3n) is 4.67. The summed E-state index contributed by atoms with van der Waals surface area (Å²) in [5.41, 5.74) is 5.75. The molecule has 2 heterocycles. The van der Waals surface area contributed by atoms with Crippen molar-refractivity contribution in [3.63, 3.8) is 0 Å². The number of aryl methyl sites for hydroxylation is 1. The molecule has 0 radical (unpaired) electrons. The fourth-order valence-electron chi connectivity index (χ4n) is 3.43. The summed E-state index contributed by atoms with van der Waals surface area (Å²) in [4.78, 5) is 12.1.